The molecule has 0 radical (unpaired) electrons. The van der Waals surface area contributed by atoms with Crippen molar-refractivity contribution in [3.05, 3.63) is 77.0 Å². The van der Waals surface area contributed by atoms with E-state index >= 15 is 0 Å². The second-order valence-corrected chi connectivity index (χ2v) is 7.95. The second-order valence-electron chi connectivity index (χ2n) is 7.95. The lowest BCUT2D eigenvalue weighted by Gasteiger charge is -2.39. The van der Waals surface area contributed by atoms with Crippen molar-refractivity contribution in [2.75, 3.05) is 13.1 Å². The van der Waals surface area contributed by atoms with Gasteiger partial charge in [0.05, 0.1) is 6.04 Å². The van der Waals surface area contributed by atoms with E-state index in [0.29, 0.717) is 5.92 Å². The van der Waals surface area contributed by atoms with E-state index in [-0.39, 0.29) is 6.04 Å². The number of nitrogens with zero attached hydrogens (tertiary/aromatic N) is 1. The summed E-state index contributed by atoms with van der Waals surface area (Å²) in [7, 11) is 0. The van der Waals surface area contributed by atoms with Gasteiger partial charge < -0.3 is 10.1 Å². The lowest BCUT2D eigenvalue weighted by atomic mass is 9.85. The van der Waals surface area contributed by atoms with Crippen LogP contribution in [0.25, 0.3) is 17.0 Å². The molecule has 0 aliphatic carbocycles. The van der Waals surface area contributed by atoms with Gasteiger partial charge in [0.2, 0.25) is 0 Å². The maximum atomic E-state index is 10.8. The first-order chi connectivity index (χ1) is 13.5. The van der Waals surface area contributed by atoms with Crippen LogP contribution in [-0.4, -0.2) is 34.0 Å². The second kappa shape index (κ2) is 7.64. The van der Waals surface area contributed by atoms with E-state index in [9.17, 15) is 4.79 Å². The van der Waals surface area contributed by atoms with Crippen molar-refractivity contribution in [1.82, 2.24) is 9.88 Å². The number of aromatic amines is 1. The van der Waals surface area contributed by atoms with Crippen LogP contribution in [0.15, 0.2) is 54.7 Å². The summed E-state index contributed by atoms with van der Waals surface area (Å²) in [5, 5.41) is 10.2. The molecule has 1 unspecified atom stereocenters. The fourth-order valence-electron chi connectivity index (χ4n) is 4.34. The molecule has 1 aromatic heterocycles. The molecule has 0 spiro atoms. The number of hydrogen-bond donors (Lipinski definition) is 2. The number of carboxylic acid groups (broad SMARTS) is 1. The number of carboxylic acids is 1. The molecule has 4 nitrogen and oxygen atoms in total. The molecule has 0 amide bonds. The third-order valence-electron chi connectivity index (χ3n) is 5.46. The molecule has 28 heavy (non-hydrogen) atoms. The predicted octanol–water partition coefficient (Wildman–Crippen LogP) is 4.87. The zero-order chi connectivity index (χ0) is 19.7. The van der Waals surface area contributed by atoms with Crippen LogP contribution >= 0.6 is 0 Å². The number of rotatable bonds is 5. The van der Waals surface area contributed by atoms with Crippen LogP contribution < -0.4 is 0 Å². The smallest absolute Gasteiger partial charge is 0.328 e. The highest BCUT2D eigenvalue weighted by atomic mass is 16.4. The summed E-state index contributed by atoms with van der Waals surface area (Å²) >= 11 is 0. The molecule has 2 aromatic carbocycles. The maximum Gasteiger partial charge on any atom is 0.328 e. The molecule has 0 saturated carbocycles. The van der Waals surface area contributed by atoms with E-state index in [0.717, 1.165) is 25.1 Å². The van der Waals surface area contributed by atoms with Crippen molar-refractivity contribution in [3.63, 3.8) is 0 Å². The molecule has 0 fully saturated rings. The van der Waals surface area contributed by atoms with Crippen LogP contribution in [0.4, 0.5) is 0 Å². The van der Waals surface area contributed by atoms with Crippen LogP contribution in [0.3, 0.4) is 0 Å². The Hall–Kier alpha value is -2.85. The molecule has 0 saturated heterocycles. The summed E-state index contributed by atoms with van der Waals surface area (Å²) in [6.07, 6.45) is 5.89. The topological polar surface area (TPSA) is 56.3 Å². The summed E-state index contributed by atoms with van der Waals surface area (Å²) in [6, 6.07) is 15.1. The Kier molecular flexibility index (Phi) is 5.05. The maximum absolute atomic E-state index is 10.8. The van der Waals surface area contributed by atoms with Gasteiger partial charge in [0, 0.05) is 36.3 Å². The zero-order valence-electron chi connectivity index (χ0n) is 16.4. The van der Waals surface area contributed by atoms with Gasteiger partial charge in [-0.3, -0.25) is 4.90 Å². The lowest BCUT2D eigenvalue weighted by Crippen LogP contribution is -2.38. The SMILES string of the molecule is CC(C)CN1CCc2c(ccc3[nH]ccc23)C1c1ccc(/C=C/C(=O)O)cc1. The first-order valence-electron chi connectivity index (χ1n) is 9.87. The lowest BCUT2D eigenvalue weighted by molar-refractivity contribution is -0.131. The Morgan fingerprint density at radius 1 is 1.21 bits per heavy atom. The highest BCUT2D eigenvalue weighted by Crippen LogP contribution is 2.38. The predicted molar refractivity (Wildman–Crippen MR) is 113 cm³/mol. The van der Waals surface area contributed by atoms with Gasteiger partial charge in [0.15, 0.2) is 0 Å². The molecule has 0 bridgehead atoms. The molecule has 144 valence electrons. The average molecular weight is 374 g/mol. The first-order valence-corrected chi connectivity index (χ1v) is 9.87. The van der Waals surface area contributed by atoms with Crippen LogP contribution in [-0.2, 0) is 11.2 Å². The summed E-state index contributed by atoms with van der Waals surface area (Å²) in [6.45, 7) is 6.63. The van der Waals surface area contributed by atoms with Gasteiger partial charge in [-0.2, -0.15) is 0 Å². The minimum Gasteiger partial charge on any atom is -0.478 e. The quantitative estimate of drug-likeness (QED) is 0.627. The number of aromatic nitrogens is 1. The molecule has 1 aliphatic rings. The largest absolute Gasteiger partial charge is 0.478 e. The molecule has 1 atom stereocenters. The van der Waals surface area contributed by atoms with E-state index in [1.54, 1.807) is 6.08 Å². The number of fused-ring (bicyclic) bond motifs is 3. The fraction of sp³-hybridized carbons (Fsp3) is 0.292. The first kappa shape index (κ1) is 18.5. The van der Waals surface area contributed by atoms with E-state index in [4.69, 9.17) is 5.11 Å². The standard InChI is InChI=1S/C24H26N2O2/c1-16(2)15-26-14-12-19-20-11-13-25-22(20)9-8-21(19)24(26)18-6-3-17(4-7-18)5-10-23(27)28/h3-11,13,16,24-25H,12,14-15H2,1-2H3,(H,27,28)/b10-5+. The number of H-pyrrole nitrogens is 1. The van der Waals surface area contributed by atoms with Gasteiger partial charge in [0.25, 0.3) is 0 Å². The number of hydrogen-bond acceptors (Lipinski definition) is 2. The van der Waals surface area contributed by atoms with E-state index in [1.807, 2.05) is 18.3 Å². The third-order valence-corrected chi connectivity index (χ3v) is 5.46. The minimum absolute atomic E-state index is 0.225. The van der Waals surface area contributed by atoms with Crippen LogP contribution in [0.5, 0.6) is 0 Å². The van der Waals surface area contributed by atoms with Gasteiger partial charge in [-0.05, 0) is 52.8 Å². The normalized spacial score (nSPS) is 17.5. The van der Waals surface area contributed by atoms with Crippen LogP contribution in [0.2, 0.25) is 0 Å². The number of carbonyl (C=O) groups is 1. The Labute approximate surface area is 165 Å². The molecule has 2 heterocycles. The van der Waals surface area contributed by atoms with Crippen molar-refractivity contribution in [2.24, 2.45) is 5.92 Å². The summed E-state index contributed by atoms with van der Waals surface area (Å²) in [4.78, 5) is 16.7. The van der Waals surface area contributed by atoms with Crippen molar-refractivity contribution in [2.45, 2.75) is 26.3 Å². The molecule has 1 aliphatic heterocycles. The van der Waals surface area contributed by atoms with Crippen molar-refractivity contribution < 1.29 is 9.90 Å². The number of nitrogens with one attached hydrogen (secondary N) is 1. The van der Waals surface area contributed by atoms with Gasteiger partial charge in [-0.25, -0.2) is 4.79 Å². The molecule has 4 heteroatoms. The van der Waals surface area contributed by atoms with Crippen molar-refractivity contribution >= 4 is 22.9 Å². The van der Waals surface area contributed by atoms with Gasteiger partial charge in [-0.15, -0.1) is 0 Å². The van der Waals surface area contributed by atoms with E-state index in [2.05, 4.69) is 54.1 Å². The zero-order valence-corrected chi connectivity index (χ0v) is 16.4. The van der Waals surface area contributed by atoms with Crippen molar-refractivity contribution in [3.8, 4) is 0 Å². The Balaban J connectivity index is 1.76. The highest BCUT2D eigenvalue weighted by molar-refractivity contribution is 5.85. The van der Waals surface area contributed by atoms with Crippen LogP contribution in [0, 0.1) is 5.92 Å². The van der Waals surface area contributed by atoms with E-state index < -0.39 is 5.97 Å². The van der Waals surface area contributed by atoms with Gasteiger partial charge >= 0.3 is 5.97 Å². The van der Waals surface area contributed by atoms with E-state index in [1.165, 1.54) is 33.7 Å². The monoisotopic (exact) mass is 374 g/mol. The molecule has 4 rings (SSSR count). The summed E-state index contributed by atoms with van der Waals surface area (Å²) < 4.78 is 0. The number of benzene rings is 2. The van der Waals surface area contributed by atoms with Gasteiger partial charge in [-0.1, -0.05) is 44.2 Å². The van der Waals surface area contributed by atoms with Crippen molar-refractivity contribution in [1.29, 1.82) is 0 Å². The minimum atomic E-state index is -0.927. The Morgan fingerprint density at radius 2 is 2.00 bits per heavy atom. The summed E-state index contributed by atoms with van der Waals surface area (Å²) in [5.74, 6) is -0.332. The molecule has 3 aromatic rings. The molecular formula is C24H26N2O2. The third kappa shape index (κ3) is 3.60. The Morgan fingerprint density at radius 3 is 2.71 bits per heavy atom. The van der Waals surface area contributed by atoms with Crippen LogP contribution in [0.1, 0.15) is 42.1 Å². The summed E-state index contributed by atoms with van der Waals surface area (Å²) in [5.41, 5.74) is 6.18. The highest BCUT2D eigenvalue weighted by Gasteiger charge is 2.30. The number of aliphatic carboxylic acids is 1. The Bertz CT molecular complexity index is 1010. The fourth-order valence-corrected chi connectivity index (χ4v) is 4.34. The molecular weight excluding hydrogens is 348 g/mol. The average Bonchev–Trinajstić information content (AvgIpc) is 3.15. The molecule has 2 N–H and O–H groups in total. The van der Waals surface area contributed by atoms with Gasteiger partial charge in [0.1, 0.15) is 0 Å².